The molecule has 0 saturated carbocycles. The lowest BCUT2D eigenvalue weighted by molar-refractivity contribution is -0.131. The zero-order valence-corrected chi connectivity index (χ0v) is 10.7. The van der Waals surface area contributed by atoms with Gasteiger partial charge in [0.05, 0.1) is 0 Å². The maximum Gasteiger partial charge on any atom is 0.328 e. The molecule has 0 amide bonds. The molecule has 2 N–H and O–H groups in total. The molecule has 1 rings (SSSR count). The molecule has 0 aliphatic heterocycles. The molecule has 0 aliphatic rings. The Bertz CT molecular complexity index is 566. The Labute approximate surface area is 105 Å². The first-order valence-electron chi connectivity index (χ1n) is 4.88. The fraction of sp³-hybridized carbons (Fsp3) is 0.200. The summed E-state index contributed by atoms with van der Waals surface area (Å²) in [4.78, 5) is 14.2. The number of hydrogen-bond donors (Lipinski definition) is 2. The first-order chi connectivity index (χ1) is 8.31. The third kappa shape index (κ3) is 4.15. The number of aromatic nitrogens is 1. The van der Waals surface area contributed by atoms with Crippen molar-refractivity contribution < 1.29 is 18.3 Å². The summed E-state index contributed by atoms with van der Waals surface area (Å²) in [7, 11) is -0.848. The van der Waals surface area contributed by atoms with E-state index in [0.717, 1.165) is 10.4 Å². The minimum absolute atomic E-state index is 0.122. The fourth-order valence-corrected chi connectivity index (χ4v) is 1.56. The van der Waals surface area contributed by atoms with E-state index in [-0.39, 0.29) is 5.82 Å². The summed E-state index contributed by atoms with van der Waals surface area (Å²) < 4.78 is 26.3. The molecule has 98 valence electrons. The molecule has 18 heavy (non-hydrogen) atoms. The predicted octanol–water partition coefficient (Wildman–Crippen LogP) is 0.398. The molecule has 0 unspecified atom stereocenters. The second-order valence-electron chi connectivity index (χ2n) is 3.54. The van der Waals surface area contributed by atoms with E-state index < -0.39 is 16.2 Å². The van der Waals surface area contributed by atoms with Crippen LogP contribution in [0.25, 0.3) is 6.08 Å². The average Bonchev–Trinajstić information content (AvgIpc) is 2.26. The number of nitrogens with zero attached hydrogens (tertiary/aromatic N) is 2. The van der Waals surface area contributed by atoms with Crippen molar-refractivity contribution >= 4 is 28.1 Å². The zero-order chi connectivity index (χ0) is 13.8. The SMILES string of the molecule is CN(C)S(=O)(=O)Nc1cc(/C=C/C(=O)O)ccn1. The Kier molecular flexibility index (Phi) is 4.40. The average molecular weight is 271 g/mol. The van der Waals surface area contributed by atoms with Crippen LogP contribution < -0.4 is 4.72 Å². The lowest BCUT2D eigenvalue weighted by Crippen LogP contribution is -2.29. The Morgan fingerprint density at radius 2 is 2.17 bits per heavy atom. The standard InChI is InChI=1S/C10H13N3O4S/c1-13(2)18(16,17)12-9-7-8(5-6-11-9)3-4-10(14)15/h3-7H,1-2H3,(H,11,12)(H,14,15)/b4-3+. The summed E-state index contributed by atoms with van der Waals surface area (Å²) in [6.45, 7) is 0. The molecule has 0 atom stereocenters. The van der Waals surface area contributed by atoms with Crippen LogP contribution >= 0.6 is 0 Å². The number of carbonyl (C=O) groups is 1. The van der Waals surface area contributed by atoms with Gasteiger partial charge >= 0.3 is 16.2 Å². The number of carboxylic acids is 1. The van der Waals surface area contributed by atoms with E-state index >= 15 is 0 Å². The van der Waals surface area contributed by atoms with Crippen LogP contribution in [0.15, 0.2) is 24.4 Å². The van der Waals surface area contributed by atoms with E-state index in [1.165, 1.54) is 32.4 Å². The van der Waals surface area contributed by atoms with Crippen molar-refractivity contribution in [1.29, 1.82) is 0 Å². The van der Waals surface area contributed by atoms with Crippen molar-refractivity contribution in [3.05, 3.63) is 30.0 Å². The van der Waals surface area contributed by atoms with Gasteiger partial charge in [-0.2, -0.15) is 12.7 Å². The van der Waals surface area contributed by atoms with Gasteiger partial charge < -0.3 is 5.11 Å². The minimum Gasteiger partial charge on any atom is -0.478 e. The second-order valence-corrected chi connectivity index (χ2v) is 5.42. The summed E-state index contributed by atoms with van der Waals surface area (Å²) in [5.41, 5.74) is 0.531. The largest absolute Gasteiger partial charge is 0.478 e. The quantitative estimate of drug-likeness (QED) is 0.755. The van der Waals surface area contributed by atoms with Crippen LogP contribution in [0.2, 0.25) is 0 Å². The molecule has 0 bridgehead atoms. The van der Waals surface area contributed by atoms with Crippen LogP contribution in [0.5, 0.6) is 0 Å². The molecule has 0 saturated heterocycles. The topological polar surface area (TPSA) is 99.6 Å². The van der Waals surface area contributed by atoms with E-state index in [0.29, 0.717) is 5.56 Å². The van der Waals surface area contributed by atoms with E-state index in [1.807, 2.05) is 0 Å². The van der Waals surface area contributed by atoms with Gasteiger partial charge in [0.15, 0.2) is 0 Å². The molecule has 8 heteroatoms. The Balaban J connectivity index is 2.93. The van der Waals surface area contributed by atoms with Crippen molar-refractivity contribution in [3.63, 3.8) is 0 Å². The molecule has 7 nitrogen and oxygen atoms in total. The highest BCUT2D eigenvalue weighted by Gasteiger charge is 2.13. The Morgan fingerprint density at radius 1 is 1.50 bits per heavy atom. The lowest BCUT2D eigenvalue weighted by atomic mass is 10.2. The molecular formula is C10H13N3O4S. The van der Waals surface area contributed by atoms with Gasteiger partial charge in [-0.15, -0.1) is 0 Å². The molecule has 1 aromatic heterocycles. The first kappa shape index (κ1) is 14.1. The minimum atomic E-state index is -3.62. The van der Waals surface area contributed by atoms with Crippen LogP contribution in [0.4, 0.5) is 5.82 Å². The molecule has 0 aromatic carbocycles. The first-order valence-corrected chi connectivity index (χ1v) is 6.32. The van der Waals surface area contributed by atoms with Gasteiger partial charge in [-0.3, -0.25) is 4.72 Å². The highest BCUT2D eigenvalue weighted by Crippen LogP contribution is 2.10. The molecule has 1 heterocycles. The van der Waals surface area contributed by atoms with Crippen LogP contribution in [0, 0.1) is 0 Å². The maximum absolute atomic E-state index is 11.5. The van der Waals surface area contributed by atoms with Crippen LogP contribution in [-0.4, -0.2) is 42.9 Å². The van der Waals surface area contributed by atoms with Gasteiger partial charge in [-0.25, -0.2) is 9.78 Å². The van der Waals surface area contributed by atoms with Gasteiger partial charge in [0.1, 0.15) is 5.82 Å². The normalized spacial score (nSPS) is 11.9. The van der Waals surface area contributed by atoms with Crippen molar-refractivity contribution in [2.75, 3.05) is 18.8 Å². The molecule has 0 spiro atoms. The van der Waals surface area contributed by atoms with Gasteiger partial charge in [0.25, 0.3) is 0 Å². The monoisotopic (exact) mass is 271 g/mol. The van der Waals surface area contributed by atoms with Gasteiger partial charge in [-0.05, 0) is 23.8 Å². The summed E-state index contributed by atoms with van der Waals surface area (Å²) >= 11 is 0. The van der Waals surface area contributed by atoms with E-state index in [1.54, 1.807) is 6.07 Å². The van der Waals surface area contributed by atoms with Crippen LogP contribution in [0.1, 0.15) is 5.56 Å². The van der Waals surface area contributed by atoms with Gasteiger partial charge in [-0.1, -0.05) is 0 Å². The Morgan fingerprint density at radius 3 is 2.72 bits per heavy atom. The summed E-state index contributed by atoms with van der Waals surface area (Å²) in [6, 6.07) is 2.99. The molecule has 0 radical (unpaired) electrons. The van der Waals surface area contributed by atoms with Crippen LogP contribution in [0.3, 0.4) is 0 Å². The zero-order valence-electron chi connectivity index (χ0n) is 9.86. The van der Waals surface area contributed by atoms with Crippen molar-refractivity contribution in [2.24, 2.45) is 0 Å². The van der Waals surface area contributed by atoms with Crippen molar-refractivity contribution in [1.82, 2.24) is 9.29 Å². The van der Waals surface area contributed by atoms with Crippen LogP contribution in [-0.2, 0) is 15.0 Å². The highest BCUT2D eigenvalue weighted by molar-refractivity contribution is 7.90. The molecular weight excluding hydrogens is 258 g/mol. The highest BCUT2D eigenvalue weighted by atomic mass is 32.2. The van der Waals surface area contributed by atoms with E-state index in [2.05, 4.69) is 9.71 Å². The number of pyridine rings is 1. The number of anilines is 1. The third-order valence-electron chi connectivity index (χ3n) is 1.92. The van der Waals surface area contributed by atoms with Crippen molar-refractivity contribution in [3.8, 4) is 0 Å². The smallest absolute Gasteiger partial charge is 0.328 e. The van der Waals surface area contributed by atoms with Gasteiger partial charge in [0, 0.05) is 26.4 Å². The lowest BCUT2D eigenvalue weighted by Gasteiger charge is -2.12. The number of carboxylic acid groups (broad SMARTS) is 1. The maximum atomic E-state index is 11.5. The van der Waals surface area contributed by atoms with Crippen molar-refractivity contribution in [2.45, 2.75) is 0 Å². The summed E-state index contributed by atoms with van der Waals surface area (Å²) in [5.74, 6) is -0.960. The number of nitrogens with one attached hydrogen (secondary N) is 1. The van der Waals surface area contributed by atoms with E-state index in [4.69, 9.17) is 5.11 Å². The van der Waals surface area contributed by atoms with Gasteiger partial charge in [0.2, 0.25) is 0 Å². The predicted molar refractivity (Wildman–Crippen MR) is 67.1 cm³/mol. The second kappa shape index (κ2) is 5.61. The number of rotatable bonds is 5. The number of aliphatic carboxylic acids is 1. The third-order valence-corrected chi connectivity index (χ3v) is 3.35. The molecule has 1 aromatic rings. The molecule has 0 fully saturated rings. The number of hydrogen-bond acceptors (Lipinski definition) is 4. The molecule has 0 aliphatic carbocycles. The van der Waals surface area contributed by atoms with E-state index in [9.17, 15) is 13.2 Å². The Hall–Kier alpha value is -1.93. The summed E-state index contributed by atoms with van der Waals surface area (Å²) in [5, 5.41) is 8.48. The fourth-order valence-electron chi connectivity index (χ4n) is 0.997. The summed E-state index contributed by atoms with van der Waals surface area (Å²) in [6.07, 6.45) is 3.69.